The lowest BCUT2D eigenvalue weighted by molar-refractivity contribution is -0.0418. The Morgan fingerprint density at radius 3 is 2.10 bits per heavy atom. The molecule has 0 amide bonds. The van der Waals surface area contributed by atoms with E-state index < -0.39 is 0 Å². The van der Waals surface area contributed by atoms with Crippen molar-refractivity contribution in [2.24, 2.45) is 5.92 Å². The minimum absolute atomic E-state index is 0.282. The highest BCUT2D eigenvalue weighted by Crippen LogP contribution is 2.45. The van der Waals surface area contributed by atoms with E-state index in [9.17, 15) is 0 Å². The number of fused-ring (bicyclic) bond motifs is 3. The van der Waals surface area contributed by atoms with Crippen molar-refractivity contribution in [1.82, 2.24) is 10.2 Å². The van der Waals surface area contributed by atoms with Crippen LogP contribution in [-0.2, 0) is 13.0 Å². The molecule has 0 aliphatic carbocycles. The van der Waals surface area contributed by atoms with Crippen molar-refractivity contribution in [2.75, 3.05) is 20.8 Å². The molecule has 0 aromatic heterocycles. The standard InChI is InChI=1S/C37H42N2O2/c1-40-33-20-21-34(41-2)31(25-33)26-38-36-30-22-23-39(32(24-30)19-18-27-12-6-3-7-13-27)37(36)35(28-14-8-4-9-15-28)29-16-10-5-11-17-29/h3-17,20-21,25,30,32,35-38H,18-19,22-24,26H2,1-2H3/t30-,32-,36-,37-/m1/s1. The first-order valence-corrected chi connectivity index (χ1v) is 15.1. The summed E-state index contributed by atoms with van der Waals surface area (Å²) in [5.74, 6) is 2.67. The second kappa shape index (κ2) is 12.9. The van der Waals surface area contributed by atoms with Gasteiger partial charge in [-0.05, 0) is 73.0 Å². The van der Waals surface area contributed by atoms with E-state index in [0.717, 1.165) is 36.6 Å². The van der Waals surface area contributed by atoms with Gasteiger partial charge in [-0.25, -0.2) is 0 Å². The zero-order valence-electron chi connectivity index (χ0n) is 24.3. The molecule has 2 bridgehead atoms. The van der Waals surface area contributed by atoms with Gasteiger partial charge < -0.3 is 14.8 Å². The lowest BCUT2D eigenvalue weighted by Crippen LogP contribution is -2.67. The topological polar surface area (TPSA) is 33.7 Å². The number of methoxy groups -OCH3 is 2. The second-order valence-corrected chi connectivity index (χ2v) is 11.6. The van der Waals surface area contributed by atoms with E-state index in [-0.39, 0.29) is 5.92 Å². The minimum atomic E-state index is 0.282. The number of piperidine rings is 3. The fourth-order valence-corrected chi connectivity index (χ4v) is 7.41. The summed E-state index contributed by atoms with van der Waals surface area (Å²) in [5, 5.41) is 4.08. The predicted molar refractivity (Wildman–Crippen MR) is 167 cm³/mol. The number of nitrogens with one attached hydrogen (secondary N) is 1. The van der Waals surface area contributed by atoms with Gasteiger partial charge in [-0.3, -0.25) is 4.90 Å². The number of ether oxygens (including phenoxy) is 2. The molecule has 4 aromatic rings. The Morgan fingerprint density at radius 2 is 1.46 bits per heavy atom. The van der Waals surface area contributed by atoms with E-state index in [0.29, 0.717) is 24.0 Å². The van der Waals surface area contributed by atoms with E-state index in [1.165, 1.54) is 36.0 Å². The summed E-state index contributed by atoms with van der Waals surface area (Å²) in [4.78, 5) is 2.87. The summed E-state index contributed by atoms with van der Waals surface area (Å²) in [5.41, 5.74) is 5.36. The molecule has 1 unspecified atom stereocenters. The molecule has 4 heteroatoms. The summed E-state index contributed by atoms with van der Waals surface area (Å²) in [6.45, 7) is 1.91. The molecule has 0 saturated carbocycles. The largest absolute Gasteiger partial charge is 0.497 e. The third-order valence-electron chi connectivity index (χ3n) is 9.34. The minimum Gasteiger partial charge on any atom is -0.497 e. The zero-order valence-corrected chi connectivity index (χ0v) is 24.3. The van der Waals surface area contributed by atoms with Crippen LogP contribution >= 0.6 is 0 Å². The highest BCUT2D eigenvalue weighted by molar-refractivity contribution is 5.41. The van der Waals surface area contributed by atoms with Crippen LogP contribution in [0.3, 0.4) is 0 Å². The van der Waals surface area contributed by atoms with Crippen LogP contribution in [0.5, 0.6) is 11.5 Å². The number of aryl methyl sites for hydroxylation is 1. The van der Waals surface area contributed by atoms with Gasteiger partial charge in [0.15, 0.2) is 0 Å². The van der Waals surface area contributed by atoms with Crippen molar-refractivity contribution >= 4 is 0 Å². The molecule has 4 nitrogen and oxygen atoms in total. The summed E-state index contributed by atoms with van der Waals surface area (Å²) in [6.07, 6.45) is 4.81. The van der Waals surface area contributed by atoms with Crippen LogP contribution in [-0.4, -0.2) is 43.8 Å². The van der Waals surface area contributed by atoms with Gasteiger partial charge in [0.2, 0.25) is 0 Å². The van der Waals surface area contributed by atoms with Gasteiger partial charge in [0.05, 0.1) is 14.2 Å². The molecule has 7 rings (SSSR count). The van der Waals surface area contributed by atoms with E-state index in [1.54, 1.807) is 14.2 Å². The Morgan fingerprint density at radius 1 is 0.805 bits per heavy atom. The highest BCUT2D eigenvalue weighted by atomic mass is 16.5. The quantitative estimate of drug-likeness (QED) is 0.218. The number of benzene rings is 4. The van der Waals surface area contributed by atoms with Crippen molar-refractivity contribution < 1.29 is 9.47 Å². The fourth-order valence-electron chi connectivity index (χ4n) is 7.41. The molecule has 1 N–H and O–H groups in total. The Labute approximate surface area is 245 Å². The molecule has 3 heterocycles. The van der Waals surface area contributed by atoms with Gasteiger partial charge in [-0.15, -0.1) is 0 Å². The first-order valence-electron chi connectivity index (χ1n) is 15.1. The molecule has 0 spiro atoms. The normalized spacial score (nSPS) is 23.4. The van der Waals surface area contributed by atoms with Crippen molar-refractivity contribution in [1.29, 1.82) is 0 Å². The summed E-state index contributed by atoms with van der Waals surface area (Å²) < 4.78 is 11.3. The summed E-state index contributed by atoms with van der Waals surface area (Å²) in [6, 6.07) is 40.7. The van der Waals surface area contributed by atoms with Crippen molar-refractivity contribution in [2.45, 2.75) is 56.3 Å². The van der Waals surface area contributed by atoms with Crippen LogP contribution in [0.4, 0.5) is 0 Å². The number of nitrogens with zero attached hydrogens (tertiary/aromatic N) is 1. The van der Waals surface area contributed by atoms with Gasteiger partial charge in [0.1, 0.15) is 11.5 Å². The SMILES string of the molecule is COc1ccc(OC)c(CN[C@@H]2[C@@H]3CCN([C@H](CCc4ccccc4)C3)[C@@H]2C(c2ccccc2)c2ccccc2)c1. The van der Waals surface area contributed by atoms with Crippen molar-refractivity contribution in [3.05, 3.63) is 131 Å². The first-order chi connectivity index (χ1) is 20.2. The Hall–Kier alpha value is -3.60. The van der Waals surface area contributed by atoms with Crippen LogP contribution in [0, 0.1) is 5.92 Å². The van der Waals surface area contributed by atoms with Crippen LogP contribution < -0.4 is 14.8 Å². The van der Waals surface area contributed by atoms with Gasteiger partial charge in [-0.2, -0.15) is 0 Å². The third-order valence-corrected chi connectivity index (χ3v) is 9.34. The molecule has 5 atom stereocenters. The first kappa shape index (κ1) is 27.6. The molecular formula is C37H42N2O2. The van der Waals surface area contributed by atoms with E-state index in [1.807, 2.05) is 12.1 Å². The van der Waals surface area contributed by atoms with Crippen molar-refractivity contribution in [3.8, 4) is 11.5 Å². The number of rotatable bonds is 11. The van der Waals surface area contributed by atoms with Crippen LogP contribution in [0.15, 0.2) is 109 Å². The number of hydrogen-bond acceptors (Lipinski definition) is 4. The average molecular weight is 547 g/mol. The molecular weight excluding hydrogens is 504 g/mol. The molecule has 4 aromatic carbocycles. The third kappa shape index (κ3) is 6.05. The molecule has 3 saturated heterocycles. The Kier molecular flexibility index (Phi) is 8.69. The molecule has 3 aliphatic rings. The highest BCUT2D eigenvalue weighted by Gasteiger charge is 2.49. The lowest BCUT2D eigenvalue weighted by Gasteiger charge is -2.58. The fraction of sp³-hybridized carbons (Fsp3) is 0.351. The summed E-state index contributed by atoms with van der Waals surface area (Å²) >= 11 is 0. The molecule has 212 valence electrons. The van der Waals surface area contributed by atoms with Gasteiger partial charge in [0, 0.05) is 36.2 Å². The maximum absolute atomic E-state index is 5.74. The molecule has 3 aliphatic heterocycles. The van der Waals surface area contributed by atoms with Crippen LogP contribution in [0.1, 0.15) is 47.4 Å². The van der Waals surface area contributed by atoms with Crippen LogP contribution in [0.2, 0.25) is 0 Å². The van der Waals surface area contributed by atoms with Gasteiger partial charge in [-0.1, -0.05) is 91.0 Å². The molecule has 3 fully saturated rings. The zero-order chi connectivity index (χ0) is 28.0. The van der Waals surface area contributed by atoms with Gasteiger partial charge in [0.25, 0.3) is 0 Å². The van der Waals surface area contributed by atoms with E-state index in [2.05, 4.69) is 107 Å². The predicted octanol–water partition coefficient (Wildman–Crippen LogP) is 7.09. The number of hydrogen-bond donors (Lipinski definition) is 1. The van der Waals surface area contributed by atoms with E-state index >= 15 is 0 Å². The monoisotopic (exact) mass is 546 g/mol. The Bertz CT molecular complexity index is 1340. The van der Waals surface area contributed by atoms with Crippen LogP contribution in [0.25, 0.3) is 0 Å². The average Bonchev–Trinajstić information content (AvgIpc) is 3.05. The Balaban J connectivity index is 1.35. The maximum Gasteiger partial charge on any atom is 0.123 e. The molecule has 0 radical (unpaired) electrons. The van der Waals surface area contributed by atoms with E-state index in [4.69, 9.17) is 9.47 Å². The molecule has 41 heavy (non-hydrogen) atoms. The lowest BCUT2D eigenvalue weighted by atomic mass is 9.67. The maximum atomic E-state index is 5.74. The smallest absolute Gasteiger partial charge is 0.123 e. The van der Waals surface area contributed by atoms with Gasteiger partial charge >= 0.3 is 0 Å². The second-order valence-electron chi connectivity index (χ2n) is 11.6. The van der Waals surface area contributed by atoms with Crippen molar-refractivity contribution in [3.63, 3.8) is 0 Å². The summed E-state index contributed by atoms with van der Waals surface area (Å²) in [7, 11) is 3.48.